The van der Waals surface area contributed by atoms with Crippen LogP contribution in [0, 0.1) is 5.95 Å². The van der Waals surface area contributed by atoms with Gasteiger partial charge in [-0.15, -0.1) is 0 Å². The fraction of sp³-hybridized carbons (Fsp3) is 0.217. The average Bonchev–Trinajstić information content (AvgIpc) is 3.11. The fourth-order valence-electron chi connectivity index (χ4n) is 3.80. The van der Waals surface area contributed by atoms with E-state index < -0.39 is 24.2 Å². The summed E-state index contributed by atoms with van der Waals surface area (Å²) in [6.07, 6.45) is -2.49. The van der Waals surface area contributed by atoms with E-state index in [1.54, 1.807) is 0 Å². The van der Waals surface area contributed by atoms with E-state index in [1.807, 2.05) is 48.5 Å². The Labute approximate surface area is 186 Å². The second-order valence-electron chi connectivity index (χ2n) is 7.25. The predicted octanol–water partition coefficient (Wildman–Crippen LogP) is 3.92. The number of amides is 1. The number of carbonyl (C=O) groups excluding carboxylic acids is 1. The number of pyridine rings is 1. The molecule has 2 atom stereocenters. The van der Waals surface area contributed by atoms with Gasteiger partial charge in [-0.25, -0.2) is 9.78 Å². The summed E-state index contributed by atoms with van der Waals surface area (Å²) in [5.74, 6) is -0.980. The first-order chi connectivity index (χ1) is 15.0. The molecule has 6 nitrogen and oxygen atoms in total. The molecule has 1 amide bonds. The number of hydrogen-bond acceptors (Lipinski definition) is 5. The number of alkyl carbamates (subject to hydrolysis) is 1. The van der Waals surface area contributed by atoms with Crippen molar-refractivity contribution in [2.45, 2.75) is 18.1 Å². The highest BCUT2D eigenvalue weighted by Gasteiger charge is 2.29. The molecule has 3 aromatic rings. The van der Waals surface area contributed by atoms with Crippen molar-refractivity contribution in [3.05, 3.63) is 87.9 Å². The standard InChI is InChI=1S/C23H20BrFN2O4/c24-13-9-18(22(25)26-10-13)21(29)20(28)11-27-23(30)31-12-19-16-7-3-1-5-14(16)15-6-2-4-8-17(15)19/h1-10,19-21,28-29H,11-12H2,(H,27,30). The summed E-state index contributed by atoms with van der Waals surface area (Å²) in [5, 5.41) is 22.7. The fourth-order valence-corrected chi connectivity index (χ4v) is 4.15. The van der Waals surface area contributed by atoms with E-state index in [0.717, 1.165) is 22.3 Å². The summed E-state index contributed by atoms with van der Waals surface area (Å²) in [7, 11) is 0. The number of aliphatic hydroxyl groups excluding tert-OH is 2. The molecular formula is C23H20BrFN2O4. The second kappa shape index (κ2) is 9.13. The highest BCUT2D eigenvalue weighted by Crippen LogP contribution is 2.44. The molecule has 0 saturated carbocycles. The number of ether oxygens (including phenoxy) is 1. The maximum atomic E-state index is 13.8. The predicted molar refractivity (Wildman–Crippen MR) is 116 cm³/mol. The van der Waals surface area contributed by atoms with Gasteiger partial charge in [0.05, 0.1) is 0 Å². The number of benzene rings is 2. The van der Waals surface area contributed by atoms with Gasteiger partial charge in [-0.2, -0.15) is 4.39 Å². The van der Waals surface area contributed by atoms with Crippen LogP contribution in [-0.4, -0.2) is 40.5 Å². The van der Waals surface area contributed by atoms with Crippen LogP contribution >= 0.6 is 15.9 Å². The maximum absolute atomic E-state index is 13.8. The van der Waals surface area contributed by atoms with Crippen LogP contribution in [0.1, 0.15) is 28.7 Å². The van der Waals surface area contributed by atoms with Crippen molar-refractivity contribution < 1.29 is 24.1 Å². The molecule has 0 bridgehead atoms. The summed E-state index contributed by atoms with van der Waals surface area (Å²) in [6.45, 7) is -0.188. The minimum absolute atomic E-state index is 0.0875. The minimum Gasteiger partial charge on any atom is -0.449 e. The first-order valence-electron chi connectivity index (χ1n) is 9.71. The van der Waals surface area contributed by atoms with Crippen molar-refractivity contribution in [1.82, 2.24) is 10.3 Å². The van der Waals surface area contributed by atoms with Crippen molar-refractivity contribution in [2.75, 3.05) is 13.2 Å². The van der Waals surface area contributed by atoms with Crippen molar-refractivity contribution in [1.29, 1.82) is 0 Å². The lowest BCUT2D eigenvalue weighted by molar-refractivity contribution is 0.0161. The number of aromatic nitrogens is 1. The quantitative estimate of drug-likeness (QED) is 0.459. The van der Waals surface area contributed by atoms with E-state index in [1.165, 1.54) is 12.3 Å². The smallest absolute Gasteiger partial charge is 0.407 e. The number of nitrogens with one attached hydrogen (secondary N) is 1. The van der Waals surface area contributed by atoms with Crippen LogP contribution in [0.5, 0.6) is 0 Å². The molecule has 0 spiro atoms. The van der Waals surface area contributed by atoms with Crippen molar-refractivity contribution >= 4 is 22.0 Å². The molecule has 0 aliphatic heterocycles. The van der Waals surface area contributed by atoms with Crippen molar-refractivity contribution in [3.63, 3.8) is 0 Å². The zero-order valence-electron chi connectivity index (χ0n) is 16.3. The Hall–Kier alpha value is -2.81. The molecule has 31 heavy (non-hydrogen) atoms. The van der Waals surface area contributed by atoms with Gasteiger partial charge >= 0.3 is 6.09 Å². The Morgan fingerprint density at radius 3 is 2.39 bits per heavy atom. The summed E-state index contributed by atoms with van der Waals surface area (Å²) in [6, 6.07) is 17.3. The van der Waals surface area contributed by atoms with Gasteiger partial charge in [-0.3, -0.25) is 0 Å². The molecule has 1 heterocycles. The Morgan fingerprint density at radius 2 is 1.74 bits per heavy atom. The lowest BCUT2D eigenvalue weighted by Crippen LogP contribution is -2.36. The third-order valence-electron chi connectivity index (χ3n) is 5.32. The number of halogens is 2. The number of nitrogens with zero attached hydrogens (tertiary/aromatic N) is 1. The highest BCUT2D eigenvalue weighted by molar-refractivity contribution is 9.10. The molecule has 0 fully saturated rings. The van der Waals surface area contributed by atoms with Gasteiger partial charge < -0.3 is 20.3 Å². The van der Waals surface area contributed by atoms with Gasteiger partial charge in [0.15, 0.2) is 0 Å². The zero-order chi connectivity index (χ0) is 22.0. The van der Waals surface area contributed by atoms with E-state index >= 15 is 0 Å². The Balaban J connectivity index is 1.35. The van der Waals surface area contributed by atoms with Gasteiger partial charge in [0.25, 0.3) is 0 Å². The van der Waals surface area contributed by atoms with Gasteiger partial charge in [0.2, 0.25) is 5.95 Å². The summed E-state index contributed by atoms with van der Waals surface area (Å²) >= 11 is 3.14. The Kier molecular flexibility index (Phi) is 6.31. The number of hydrogen-bond donors (Lipinski definition) is 3. The topological polar surface area (TPSA) is 91.7 Å². The van der Waals surface area contributed by atoms with Crippen LogP contribution in [-0.2, 0) is 4.74 Å². The van der Waals surface area contributed by atoms with Crippen LogP contribution in [0.25, 0.3) is 11.1 Å². The number of aliphatic hydroxyl groups is 2. The van der Waals surface area contributed by atoms with Crippen molar-refractivity contribution in [2.24, 2.45) is 0 Å². The molecule has 1 aromatic heterocycles. The maximum Gasteiger partial charge on any atom is 0.407 e. The first-order valence-corrected chi connectivity index (χ1v) is 10.5. The number of rotatable bonds is 6. The van der Waals surface area contributed by atoms with Crippen LogP contribution in [0.4, 0.5) is 9.18 Å². The number of fused-ring (bicyclic) bond motifs is 3. The zero-order valence-corrected chi connectivity index (χ0v) is 17.9. The molecule has 1 aliphatic rings. The largest absolute Gasteiger partial charge is 0.449 e. The van der Waals surface area contributed by atoms with E-state index in [9.17, 15) is 19.4 Å². The van der Waals surface area contributed by atoms with E-state index in [0.29, 0.717) is 4.47 Å². The SMILES string of the molecule is O=C(NCC(O)C(O)c1cc(Br)cnc1F)OCC1c2ccccc2-c2ccccc21. The third kappa shape index (κ3) is 4.46. The molecule has 3 N–H and O–H groups in total. The van der Waals surface area contributed by atoms with Crippen LogP contribution in [0.2, 0.25) is 0 Å². The first kappa shape index (κ1) is 21.4. The van der Waals surface area contributed by atoms with Gasteiger partial charge in [0, 0.05) is 28.7 Å². The average molecular weight is 487 g/mol. The van der Waals surface area contributed by atoms with Crippen molar-refractivity contribution in [3.8, 4) is 11.1 Å². The Bertz CT molecular complexity index is 1060. The van der Waals surface area contributed by atoms with Gasteiger partial charge in [0.1, 0.15) is 18.8 Å². The summed E-state index contributed by atoms with van der Waals surface area (Å²) < 4.78 is 19.6. The lowest BCUT2D eigenvalue weighted by atomic mass is 9.98. The summed E-state index contributed by atoms with van der Waals surface area (Å²) in [4.78, 5) is 15.7. The molecule has 1 aliphatic carbocycles. The molecule has 0 radical (unpaired) electrons. The normalized spacial score (nSPS) is 14.5. The van der Waals surface area contributed by atoms with Crippen LogP contribution in [0.3, 0.4) is 0 Å². The molecular weight excluding hydrogens is 467 g/mol. The molecule has 8 heteroatoms. The van der Waals surface area contributed by atoms with Crippen LogP contribution < -0.4 is 5.32 Å². The third-order valence-corrected chi connectivity index (χ3v) is 5.75. The van der Waals surface area contributed by atoms with Crippen LogP contribution in [0.15, 0.2) is 65.3 Å². The molecule has 2 aromatic carbocycles. The second-order valence-corrected chi connectivity index (χ2v) is 8.17. The van der Waals surface area contributed by atoms with E-state index in [2.05, 4.69) is 26.2 Å². The van der Waals surface area contributed by atoms with Gasteiger partial charge in [-0.05, 0) is 44.3 Å². The lowest BCUT2D eigenvalue weighted by Gasteiger charge is -2.19. The highest BCUT2D eigenvalue weighted by atomic mass is 79.9. The Morgan fingerprint density at radius 1 is 1.13 bits per heavy atom. The van der Waals surface area contributed by atoms with E-state index in [-0.39, 0.29) is 24.6 Å². The van der Waals surface area contributed by atoms with Gasteiger partial charge in [-0.1, -0.05) is 48.5 Å². The molecule has 0 saturated heterocycles. The molecule has 4 rings (SSSR count). The summed E-state index contributed by atoms with van der Waals surface area (Å²) in [5.41, 5.74) is 4.25. The minimum atomic E-state index is -1.56. The number of carbonyl (C=O) groups is 1. The van der Waals surface area contributed by atoms with E-state index in [4.69, 9.17) is 4.74 Å². The molecule has 2 unspecified atom stereocenters. The molecule has 160 valence electrons. The monoisotopic (exact) mass is 486 g/mol.